The molecule has 1 aromatic heterocycles. The normalized spacial score (nSPS) is 16.3. The molecule has 0 aromatic carbocycles. The predicted molar refractivity (Wildman–Crippen MR) is 83.2 cm³/mol. The van der Waals surface area contributed by atoms with Crippen LogP contribution < -0.4 is 0 Å². The summed E-state index contributed by atoms with van der Waals surface area (Å²) in [5, 5.41) is 1.05. The first-order valence-electron chi connectivity index (χ1n) is 7.48. The van der Waals surface area contributed by atoms with Gasteiger partial charge in [0.15, 0.2) is 0 Å². The molecule has 1 aliphatic rings. The van der Waals surface area contributed by atoms with Gasteiger partial charge in [-0.25, -0.2) is 4.98 Å². The van der Waals surface area contributed by atoms with Gasteiger partial charge >= 0.3 is 0 Å². The van der Waals surface area contributed by atoms with Gasteiger partial charge in [0.2, 0.25) is 11.8 Å². The molecule has 2 amide bonds. The molecule has 1 saturated heterocycles. The van der Waals surface area contributed by atoms with Crippen LogP contribution in [0.2, 0.25) is 0 Å². The number of hydrogen-bond acceptors (Lipinski definition) is 4. The van der Waals surface area contributed by atoms with Crippen LogP contribution in [0.1, 0.15) is 36.1 Å². The average Bonchev–Trinajstić information content (AvgIpc) is 3.06. The zero-order valence-electron chi connectivity index (χ0n) is 13.0. The van der Waals surface area contributed by atoms with E-state index >= 15 is 0 Å². The molecule has 2 rings (SSSR count). The van der Waals surface area contributed by atoms with E-state index in [0.29, 0.717) is 25.9 Å². The van der Waals surface area contributed by atoms with Gasteiger partial charge in [0.05, 0.1) is 5.01 Å². The summed E-state index contributed by atoms with van der Waals surface area (Å²) < 4.78 is 0. The Morgan fingerprint density at radius 3 is 2.86 bits per heavy atom. The van der Waals surface area contributed by atoms with Crippen LogP contribution in [-0.2, 0) is 16.0 Å². The van der Waals surface area contributed by atoms with Gasteiger partial charge < -0.3 is 9.80 Å². The van der Waals surface area contributed by atoms with E-state index in [1.807, 2.05) is 27.1 Å². The second kappa shape index (κ2) is 7.02. The first kappa shape index (κ1) is 15.9. The minimum absolute atomic E-state index is 0.0426. The Bertz CT molecular complexity index is 515. The third kappa shape index (κ3) is 3.81. The van der Waals surface area contributed by atoms with Crippen molar-refractivity contribution in [3.63, 3.8) is 0 Å². The van der Waals surface area contributed by atoms with Crippen molar-refractivity contribution in [1.29, 1.82) is 0 Å². The zero-order chi connectivity index (χ0) is 15.4. The second-order valence-corrected chi connectivity index (χ2v) is 6.81. The predicted octanol–water partition coefficient (Wildman–Crippen LogP) is 1.85. The minimum Gasteiger partial charge on any atom is -0.344 e. The van der Waals surface area contributed by atoms with Gasteiger partial charge in [-0.3, -0.25) is 9.59 Å². The van der Waals surface area contributed by atoms with Crippen molar-refractivity contribution in [1.82, 2.24) is 14.8 Å². The maximum Gasteiger partial charge on any atom is 0.245 e. The summed E-state index contributed by atoms with van der Waals surface area (Å²) >= 11 is 1.67. The summed E-state index contributed by atoms with van der Waals surface area (Å²) in [6, 6.07) is -0.303. The third-order valence-corrected chi connectivity index (χ3v) is 4.84. The van der Waals surface area contributed by atoms with Crippen molar-refractivity contribution in [3.05, 3.63) is 16.1 Å². The van der Waals surface area contributed by atoms with Crippen LogP contribution in [-0.4, -0.2) is 52.8 Å². The van der Waals surface area contributed by atoms with Gasteiger partial charge in [0.25, 0.3) is 0 Å². The number of carbonyl (C=O) groups excluding carboxylic acids is 2. The third-order valence-electron chi connectivity index (χ3n) is 3.86. The number of carbonyl (C=O) groups is 2. The molecule has 0 aliphatic carbocycles. The van der Waals surface area contributed by atoms with Crippen LogP contribution in [0.15, 0.2) is 6.20 Å². The first-order chi connectivity index (χ1) is 10.0. The van der Waals surface area contributed by atoms with E-state index in [-0.39, 0.29) is 17.9 Å². The molecule has 5 nitrogen and oxygen atoms in total. The number of aryl methyl sites for hydroxylation is 1. The highest BCUT2D eigenvalue weighted by atomic mass is 32.1. The highest BCUT2D eigenvalue weighted by molar-refractivity contribution is 7.11. The molecule has 0 spiro atoms. The average molecular weight is 309 g/mol. The topological polar surface area (TPSA) is 53.5 Å². The molecule has 1 aromatic rings. The van der Waals surface area contributed by atoms with Gasteiger partial charge in [-0.2, -0.15) is 0 Å². The Kier molecular flexibility index (Phi) is 5.33. The summed E-state index contributed by atoms with van der Waals surface area (Å²) in [4.78, 5) is 33.4. The summed E-state index contributed by atoms with van der Waals surface area (Å²) in [6.07, 6.45) is 4.74. The smallest absolute Gasteiger partial charge is 0.245 e. The summed E-state index contributed by atoms with van der Waals surface area (Å²) in [5.41, 5.74) is 0. The van der Waals surface area contributed by atoms with Crippen molar-refractivity contribution < 1.29 is 9.59 Å². The SMILES string of the molecule is CC[C@@H](C(=O)N(C)CCc1ncc(C)s1)N1CCCC1=O. The molecule has 1 atom stereocenters. The molecule has 0 radical (unpaired) electrons. The number of likely N-dealkylation sites (tertiary alicyclic amines) is 1. The van der Waals surface area contributed by atoms with E-state index in [2.05, 4.69) is 4.98 Å². The molecule has 2 heterocycles. The van der Waals surface area contributed by atoms with Gasteiger partial charge in [-0.1, -0.05) is 6.92 Å². The Morgan fingerprint density at radius 2 is 2.33 bits per heavy atom. The van der Waals surface area contributed by atoms with Crippen molar-refractivity contribution in [3.8, 4) is 0 Å². The molecule has 0 unspecified atom stereocenters. The number of aromatic nitrogens is 1. The number of hydrogen-bond donors (Lipinski definition) is 0. The lowest BCUT2D eigenvalue weighted by Gasteiger charge is -2.29. The summed E-state index contributed by atoms with van der Waals surface area (Å²) in [6.45, 7) is 5.35. The molecule has 1 fully saturated rings. The van der Waals surface area contributed by atoms with Crippen molar-refractivity contribution in [2.24, 2.45) is 0 Å². The van der Waals surface area contributed by atoms with E-state index in [1.54, 1.807) is 21.1 Å². The lowest BCUT2D eigenvalue weighted by molar-refractivity contribution is -0.142. The maximum absolute atomic E-state index is 12.5. The monoisotopic (exact) mass is 309 g/mol. The fourth-order valence-electron chi connectivity index (χ4n) is 2.67. The maximum atomic E-state index is 12.5. The van der Waals surface area contributed by atoms with E-state index in [4.69, 9.17) is 0 Å². The van der Waals surface area contributed by atoms with Crippen molar-refractivity contribution in [2.45, 2.75) is 45.6 Å². The van der Waals surface area contributed by atoms with E-state index < -0.39 is 0 Å². The minimum atomic E-state index is -0.303. The van der Waals surface area contributed by atoms with Gasteiger partial charge in [-0.05, 0) is 19.8 Å². The van der Waals surface area contributed by atoms with Crippen LogP contribution in [0.3, 0.4) is 0 Å². The van der Waals surface area contributed by atoms with Crippen molar-refractivity contribution in [2.75, 3.05) is 20.1 Å². The quantitative estimate of drug-likeness (QED) is 0.806. The molecule has 6 heteroatoms. The number of thiazole rings is 1. The lowest BCUT2D eigenvalue weighted by atomic mass is 10.1. The number of amides is 2. The van der Waals surface area contributed by atoms with Crippen LogP contribution in [0.5, 0.6) is 0 Å². The van der Waals surface area contributed by atoms with Crippen LogP contribution >= 0.6 is 11.3 Å². The molecule has 0 N–H and O–H groups in total. The largest absolute Gasteiger partial charge is 0.344 e. The fourth-order valence-corrected chi connectivity index (χ4v) is 3.45. The van der Waals surface area contributed by atoms with Gasteiger partial charge in [0.1, 0.15) is 6.04 Å². The number of rotatable bonds is 6. The van der Waals surface area contributed by atoms with E-state index in [1.165, 1.54) is 4.88 Å². The standard InChI is InChI=1S/C15H23N3O2S/c1-4-12(18-8-5-6-14(18)19)15(20)17(3)9-7-13-16-10-11(2)21-13/h10,12H,4-9H2,1-3H3/t12-/m0/s1. The lowest BCUT2D eigenvalue weighted by Crippen LogP contribution is -2.48. The van der Waals surface area contributed by atoms with E-state index in [9.17, 15) is 9.59 Å². The van der Waals surface area contributed by atoms with Gasteiger partial charge in [-0.15, -0.1) is 11.3 Å². The molecular formula is C15H23N3O2S. The molecule has 21 heavy (non-hydrogen) atoms. The number of likely N-dealkylation sites (N-methyl/N-ethyl adjacent to an activating group) is 1. The summed E-state index contributed by atoms with van der Waals surface area (Å²) in [5.74, 6) is 0.153. The molecular weight excluding hydrogens is 286 g/mol. The Morgan fingerprint density at radius 1 is 1.57 bits per heavy atom. The summed E-state index contributed by atoms with van der Waals surface area (Å²) in [7, 11) is 1.81. The molecule has 0 saturated carbocycles. The molecule has 0 bridgehead atoms. The van der Waals surface area contributed by atoms with Crippen LogP contribution in [0.4, 0.5) is 0 Å². The highest BCUT2D eigenvalue weighted by Gasteiger charge is 2.32. The highest BCUT2D eigenvalue weighted by Crippen LogP contribution is 2.18. The Balaban J connectivity index is 1.92. The number of nitrogens with zero attached hydrogens (tertiary/aromatic N) is 3. The Labute approximate surface area is 130 Å². The molecule has 116 valence electrons. The van der Waals surface area contributed by atoms with Crippen LogP contribution in [0.25, 0.3) is 0 Å². The van der Waals surface area contributed by atoms with Crippen LogP contribution in [0, 0.1) is 6.92 Å². The van der Waals surface area contributed by atoms with E-state index in [0.717, 1.165) is 17.8 Å². The van der Waals surface area contributed by atoms with Crippen molar-refractivity contribution >= 4 is 23.2 Å². The zero-order valence-corrected chi connectivity index (χ0v) is 13.8. The first-order valence-corrected chi connectivity index (χ1v) is 8.30. The molecule has 1 aliphatic heterocycles. The fraction of sp³-hybridized carbons (Fsp3) is 0.667. The second-order valence-electron chi connectivity index (χ2n) is 5.49. The Hall–Kier alpha value is -1.43. The van der Waals surface area contributed by atoms with Gasteiger partial charge in [0, 0.05) is 44.1 Å².